The van der Waals surface area contributed by atoms with Crippen molar-refractivity contribution in [2.24, 2.45) is 0 Å². The monoisotopic (exact) mass is 318 g/mol. The number of hydrogen-bond acceptors (Lipinski definition) is 4. The molecule has 23 heavy (non-hydrogen) atoms. The highest BCUT2D eigenvalue weighted by Gasteiger charge is 2.22. The summed E-state index contributed by atoms with van der Waals surface area (Å²) in [7, 11) is 0. The molecule has 5 heteroatoms. The molecule has 2 aliphatic heterocycles. The first-order valence-corrected chi connectivity index (χ1v) is 8.46. The van der Waals surface area contributed by atoms with Gasteiger partial charge in [0.05, 0.1) is 12.6 Å². The Labute approximate surface area is 137 Å². The number of amides is 1. The Hall–Kier alpha value is -1.59. The third-order valence-electron chi connectivity index (χ3n) is 4.40. The lowest BCUT2D eigenvalue weighted by Gasteiger charge is -2.22. The zero-order valence-electron chi connectivity index (χ0n) is 14.0. The maximum Gasteiger partial charge on any atom is 0.221 e. The topological polar surface area (TPSA) is 50.8 Å². The molecule has 0 aliphatic carbocycles. The first kappa shape index (κ1) is 16.3. The first-order chi connectivity index (χ1) is 11.1. The Morgan fingerprint density at radius 2 is 2.30 bits per heavy atom. The second kappa shape index (κ2) is 7.32. The summed E-state index contributed by atoms with van der Waals surface area (Å²) in [6.45, 7) is 8.00. The SMILES string of the molecule is Cc1ccc2c(c1)CN(CCC(=O)N[C@H]1CCOC1)C[C@H](C)O2. The summed E-state index contributed by atoms with van der Waals surface area (Å²) in [4.78, 5) is 14.4. The lowest BCUT2D eigenvalue weighted by Crippen LogP contribution is -2.38. The van der Waals surface area contributed by atoms with Gasteiger partial charge in [-0.3, -0.25) is 9.69 Å². The Kier molecular flexibility index (Phi) is 5.18. The summed E-state index contributed by atoms with van der Waals surface area (Å²) >= 11 is 0. The van der Waals surface area contributed by atoms with Crippen LogP contribution in [0.1, 0.15) is 30.9 Å². The van der Waals surface area contributed by atoms with Crippen molar-refractivity contribution in [3.63, 3.8) is 0 Å². The van der Waals surface area contributed by atoms with E-state index in [4.69, 9.17) is 9.47 Å². The summed E-state index contributed by atoms with van der Waals surface area (Å²) in [5, 5.41) is 3.05. The maximum atomic E-state index is 12.1. The molecule has 126 valence electrons. The molecule has 1 amide bonds. The minimum absolute atomic E-state index is 0.114. The second-order valence-corrected chi connectivity index (χ2v) is 6.65. The van der Waals surface area contributed by atoms with Gasteiger partial charge in [-0.2, -0.15) is 0 Å². The van der Waals surface area contributed by atoms with Crippen LogP contribution in [0.5, 0.6) is 5.75 Å². The molecule has 0 spiro atoms. The number of fused-ring (bicyclic) bond motifs is 1. The van der Waals surface area contributed by atoms with Crippen LogP contribution >= 0.6 is 0 Å². The summed E-state index contributed by atoms with van der Waals surface area (Å²) in [6, 6.07) is 6.50. The molecule has 0 aromatic heterocycles. The van der Waals surface area contributed by atoms with Crippen LogP contribution in [0.3, 0.4) is 0 Å². The number of carbonyl (C=O) groups is 1. The van der Waals surface area contributed by atoms with Crippen LogP contribution in [0.25, 0.3) is 0 Å². The normalized spacial score (nSPS) is 24.6. The van der Waals surface area contributed by atoms with E-state index in [-0.39, 0.29) is 18.1 Å². The number of benzene rings is 1. The van der Waals surface area contributed by atoms with Crippen LogP contribution in [0.2, 0.25) is 0 Å². The van der Waals surface area contributed by atoms with Crippen LogP contribution in [0.15, 0.2) is 18.2 Å². The van der Waals surface area contributed by atoms with Gasteiger partial charge in [-0.1, -0.05) is 17.7 Å². The molecule has 0 saturated carbocycles. The highest BCUT2D eigenvalue weighted by molar-refractivity contribution is 5.76. The Bertz CT molecular complexity index is 555. The molecule has 2 atom stereocenters. The van der Waals surface area contributed by atoms with Gasteiger partial charge in [0, 0.05) is 38.2 Å². The molecular weight excluding hydrogens is 292 g/mol. The lowest BCUT2D eigenvalue weighted by atomic mass is 10.1. The van der Waals surface area contributed by atoms with E-state index >= 15 is 0 Å². The molecule has 2 heterocycles. The Morgan fingerprint density at radius 1 is 1.43 bits per heavy atom. The van der Waals surface area contributed by atoms with Crippen molar-refractivity contribution in [1.29, 1.82) is 0 Å². The van der Waals surface area contributed by atoms with E-state index in [1.54, 1.807) is 0 Å². The highest BCUT2D eigenvalue weighted by Crippen LogP contribution is 2.26. The average molecular weight is 318 g/mol. The van der Waals surface area contributed by atoms with Crippen LogP contribution in [0, 0.1) is 6.92 Å². The van der Waals surface area contributed by atoms with Gasteiger partial charge >= 0.3 is 0 Å². The highest BCUT2D eigenvalue weighted by atomic mass is 16.5. The lowest BCUT2D eigenvalue weighted by molar-refractivity contribution is -0.122. The summed E-state index contributed by atoms with van der Waals surface area (Å²) in [5.74, 6) is 1.08. The Morgan fingerprint density at radius 3 is 3.09 bits per heavy atom. The minimum Gasteiger partial charge on any atom is -0.489 e. The molecule has 3 rings (SSSR count). The van der Waals surface area contributed by atoms with E-state index in [1.807, 2.05) is 0 Å². The van der Waals surface area contributed by atoms with Crippen LogP contribution in [-0.4, -0.2) is 49.3 Å². The zero-order valence-corrected chi connectivity index (χ0v) is 14.0. The molecule has 1 fully saturated rings. The van der Waals surface area contributed by atoms with E-state index in [2.05, 4.69) is 42.3 Å². The van der Waals surface area contributed by atoms with Gasteiger partial charge in [0.15, 0.2) is 0 Å². The van der Waals surface area contributed by atoms with E-state index in [0.29, 0.717) is 13.0 Å². The molecule has 0 bridgehead atoms. The fraction of sp³-hybridized carbons (Fsp3) is 0.611. The van der Waals surface area contributed by atoms with Crippen molar-refractivity contribution in [2.45, 2.75) is 45.4 Å². The van der Waals surface area contributed by atoms with Crippen LogP contribution < -0.4 is 10.1 Å². The third kappa shape index (κ3) is 4.45. The van der Waals surface area contributed by atoms with Crippen molar-refractivity contribution < 1.29 is 14.3 Å². The molecule has 1 N–H and O–H groups in total. The van der Waals surface area contributed by atoms with Crippen molar-refractivity contribution in [2.75, 3.05) is 26.3 Å². The van der Waals surface area contributed by atoms with E-state index in [9.17, 15) is 4.79 Å². The zero-order chi connectivity index (χ0) is 16.2. The predicted octanol–water partition coefficient (Wildman–Crippen LogP) is 1.87. The van der Waals surface area contributed by atoms with Gasteiger partial charge in [-0.25, -0.2) is 0 Å². The number of nitrogens with zero attached hydrogens (tertiary/aromatic N) is 1. The van der Waals surface area contributed by atoms with Gasteiger partial charge in [-0.15, -0.1) is 0 Å². The third-order valence-corrected chi connectivity index (χ3v) is 4.40. The summed E-state index contributed by atoms with van der Waals surface area (Å²) in [5.41, 5.74) is 2.44. The van der Waals surface area contributed by atoms with Crippen molar-refractivity contribution >= 4 is 5.91 Å². The second-order valence-electron chi connectivity index (χ2n) is 6.65. The molecule has 1 aromatic rings. The van der Waals surface area contributed by atoms with Gasteiger partial charge in [0.2, 0.25) is 5.91 Å². The maximum absolute atomic E-state index is 12.1. The summed E-state index contributed by atoms with van der Waals surface area (Å²) < 4.78 is 11.3. The molecule has 1 aromatic carbocycles. The predicted molar refractivity (Wildman–Crippen MR) is 88.5 cm³/mol. The molecule has 2 aliphatic rings. The number of ether oxygens (including phenoxy) is 2. The number of carbonyl (C=O) groups excluding carboxylic acids is 1. The van der Waals surface area contributed by atoms with Gasteiger partial charge in [0.25, 0.3) is 0 Å². The fourth-order valence-corrected chi connectivity index (χ4v) is 3.25. The number of rotatable bonds is 4. The van der Waals surface area contributed by atoms with E-state index < -0.39 is 0 Å². The number of hydrogen-bond donors (Lipinski definition) is 1. The molecule has 0 unspecified atom stereocenters. The van der Waals surface area contributed by atoms with E-state index in [1.165, 1.54) is 11.1 Å². The largest absolute Gasteiger partial charge is 0.489 e. The van der Waals surface area contributed by atoms with Crippen molar-refractivity contribution in [3.8, 4) is 5.75 Å². The number of nitrogens with one attached hydrogen (secondary N) is 1. The quantitative estimate of drug-likeness (QED) is 0.921. The smallest absolute Gasteiger partial charge is 0.221 e. The van der Waals surface area contributed by atoms with Gasteiger partial charge in [0.1, 0.15) is 11.9 Å². The summed E-state index contributed by atoms with van der Waals surface area (Å²) in [6.07, 6.45) is 1.57. The molecule has 5 nitrogen and oxygen atoms in total. The van der Waals surface area contributed by atoms with Crippen LogP contribution in [-0.2, 0) is 16.1 Å². The molecule has 1 saturated heterocycles. The first-order valence-electron chi connectivity index (χ1n) is 8.46. The molecular formula is C18H26N2O3. The van der Waals surface area contributed by atoms with Crippen LogP contribution in [0.4, 0.5) is 0 Å². The molecule has 0 radical (unpaired) electrons. The number of aryl methyl sites for hydroxylation is 1. The van der Waals surface area contributed by atoms with Gasteiger partial charge < -0.3 is 14.8 Å². The van der Waals surface area contributed by atoms with Crippen molar-refractivity contribution in [3.05, 3.63) is 29.3 Å². The average Bonchev–Trinajstić information content (AvgIpc) is 2.94. The standard InChI is InChI=1S/C18H26N2O3/c1-13-3-4-17-15(9-13)11-20(10-14(2)23-17)7-5-18(21)19-16-6-8-22-12-16/h3-4,9,14,16H,5-8,10-12H2,1-2H3,(H,19,21)/t14-,16-/m0/s1. The Balaban J connectivity index is 1.55. The van der Waals surface area contributed by atoms with Gasteiger partial charge in [-0.05, 0) is 26.3 Å². The fourth-order valence-electron chi connectivity index (χ4n) is 3.25. The van der Waals surface area contributed by atoms with Crippen molar-refractivity contribution in [1.82, 2.24) is 10.2 Å². The van der Waals surface area contributed by atoms with E-state index in [0.717, 1.165) is 38.4 Å². The minimum atomic E-state index is 0.114.